The highest BCUT2D eigenvalue weighted by atomic mass is 19.1. The Hall–Kier alpha value is -3.99. The molecule has 6 rings (SSSR count). The normalized spacial score (nSPS) is 15.0. The Morgan fingerprint density at radius 1 is 0.906 bits per heavy atom. The van der Waals surface area contributed by atoms with E-state index >= 15 is 0 Å². The second-order valence-electron chi connectivity index (χ2n) is 8.26. The van der Waals surface area contributed by atoms with E-state index in [1.807, 2.05) is 42.6 Å². The Bertz CT molecular complexity index is 1460. The molecule has 0 fully saturated rings. The van der Waals surface area contributed by atoms with E-state index < -0.39 is 0 Å². The lowest BCUT2D eigenvalue weighted by Crippen LogP contribution is -2.34. The number of H-pyrrole nitrogens is 1. The zero-order valence-corrected chi connectivity index (χ0v) is 17.2. The molecule has 32 heavy (non-hydrogen) atoms. The first-order valence-electron chi connectivity index (χ1n) is 10.6. The number of fused-ring (bicyclic) bond motifs is 4. The molecule has 1 amide bonds. The maximum atomic E-state index is 13.5. The Labute approximate surface area is 184 Å². The second kappa shape index (κ2) is 7.02. The lowest BCUT2D eigenvalue weighted by Gasteiger charge is -2.26. The van der Waals surface area contributed by atoms with Crippen LogP contribution in [0.1, 0.15) is 38.3 Å². The minimum absolute atomic E-state index is 0.0261. The Morgan fingerprint density at radius 2 is 1.72 bits per heavy atom. The molecule has 0 atom stereocenters. The number of carbonyl (C=O) groups is 2. The van der Waals surface area contributed by atoms with Crippen LogP contribution in [0.4, 0.5) is 4.39 Å². The summed E-state index contributed by atoms with van der Waals surface area (Å²) in [6.45, 7) is 1.08. The maximum absolute atomic E-state index is 13.5. The summed E-state index contributed by atoms with van der Waals surface area (Å²) >= 11 is 0. The van der Waals surface area contributed by atoms with Gasteiger partial charge in [0.2, 0.25) is 0 Å². The van der Waals surface area contributed by atoms with E-state index in [0.29, 0.717) is 36.2 Å². The van der Waals surface area contributed by atoms with Crippen molar-refractivity contribution < 1.29 is 14.0 Å². The molecular weight excluding hydrogens is 403 g/mol. The van der Waals surface area contributed by atoms with Crippen molar-refractivity contribution in [2.24, 2.45) is 0 Å². The van der Waals surface area contributed by atoms with Gasteiger partial charge in [-0.15, -0.1) is 0 Å². The fourth-order valence-electron chi connectivity index (χ4n) is 4.81. The Kier molecular flexibility index (Phi) is 4.12. The van der Waals surface area contributed by atoms with Gasteiger partial charge in [-0.3, -0.25) is 9.59 Å². The third kappa shape index (κ3) is 2.82. The van der Waals surface area contributed by atoms with Crippen molar-refractivity contribution in [2.45, 2.75) is 6.42 Å². The van der Waals surface area contributed by atoms with Crippen LogP contribution in [-0.4, -0.2) is 34.7 Å². The number of hydrogen-bond donors (Lipinski definition) is 1. The number of nitrogens with one attached hydrogen (secondary N) is 1. The van der Waals surface area contributed by atoms with E-state index in [1.165, 1.54) is 12.1 Å². The van der Waals surface area contributed by atoms with E-state index in [9.17, 15) is 14.0 Å². The van der Waals surface area contributed by atoms with E-state index in [1.54, 1.807) is 17.0 Å². The average Bonchev–Trinajstić information content (AvgIpc) is 3.37. The van der Waals surface area contributed by atoms with Gasteiger partial charge in [-0.05, 0) is 53.5 Å². The van der Waals surface area contributed by atoms with E-state index in [4.69, 9.17) is 0 Å². The number of nitrogens with zero attached hydrogens (tertiary/aromatic N) is 1. The molecule has 0 spiro atoms. The van der Waals surface area contributed by atoms with Crippen LogP contribution in [0.3, 0.4) is 0 Å². The standard InChI is InChI=1S/C27H19FN2O2/c28-18-6-8-21-24(15-29-25(21)14-18)16-9-11-30(12-10-16)27(32)17-5-7-20-19-3-1-2-4-22(19)26(31)23(20)13-17/h1-9,13-15,29H,10-12H2. The highest BCUT2D eigenvalue weighted by molar-refractivity contribution is 6.22. The first-order chi connectivity index (χ1) is 15.6. The SMILES string of the molecule is O=C1c2ccccc2-c2ccc(C(=O)N3CC=C(c4c[nH]c5cc(F)ccc45)CC3)cc21. The number of ketones is 1. The van der Waals surface area contributed by atoms with E-state index in [-0.39, 0.29) is 17.5 Å². The molecule has 156 valence electrons. The number of aromatic amines is 1. The quantitative estimate of drug-likeness (QED) is 0.411. The minimum Gasteiger partial charge on any atom is -0.360 e. The number of benzene rings is 3. The third-order valence-electron chi connectivity index (χ3n) is 6.46. The lowest BCUT2D eigenvalue weighted by molar-refractivity contribution is 0.0773. The van der Waals surface area contributed by atoms with Gasteiger partial charge in [0, 0.05) is 52.4 Å². The monoisotopic (exact) mass is 422 g/mol. The van der Waals surface area contributed by atoms with Crippen LogP contribution in [-0.2, 0) is 0 Å². The van der Waals surface area contributed by atoms with Crippen LogP contribution in [0.15, 0.2) is 72.9 Å². The van der Waals surface area contributed by atoms with Gasteiger partial charge in [0.05, 0.1) is 0 Å². The zero-order valence-electron chi connectivity index (χ0n) is 17.2. The molecule has 0 bridgehead atoms. The molecule has 1 aliphatic heterocycles. The van der Waals surface area contributed by atoms with Gasteiger partial charge < -0.3 is 9.88 Å². The number of hydrogen-bond acceptors (Lipinski definition) is 2. The predicted octanol–water partition coefficient (Wildman–Crippen LogP) is 5.45. The molecule has 0 saturated heterocycles. The van der Waals surface area contributed by atoms with Crippen LogP contribution < -0.4 is 0 Å². The maximum Gasteiger partial charge on any atom is 0.254 e. The van der Waals surface area contributed by atoms with Crippen molar-refractivity contribution in [1.29, 1.82) is 0 Å². The molecule has 0 unspecified atom stereocenters. The molecule has 1 aromatic heterocycles. The molecule has 4 nitrogen and oxygen atoms in total. The Morgan fingerprint density at radius 3 is 2.53 bits per heavy atom. The molecule has 4 aromatic rings. The summed E-state index contributed by atoms with van der Waals surface area (Å²) in [6.07, 6.45) is 4.67. The van der Waals surface area contributed by atoms with Gasteiger partial charge in [-0.25, -0.2) is 4.39 Å². The van der Waals surface area contributed by atoms with Crippen LogP contribution in [0.5, 0.6) is 0 Å². The molecule has 0 saturated carbocycles. The molecule has 2 heterocycles. The molecular formula is C27H19FN2O2. The fourth-order valence-corrected chi connectivity index (χ4v) is 4.81. The zero-order chi connectivity index (χ0) is 21.8. The topological polar surface area (TPSA) is 53.2 Å². The van der Waals surface area contributed by atoms with Crippen molar-refractivity contribution in [2.75, 3.05) is 13.1 Å². The van der Waals surface area contributed by atoms with Crippen molar-refractivity contribution >= 4 is 28.2 Å². The highest BCUT2D eigenvalue weighted by Gasteiger charge is 2.28. The van der Waals surface area contributed by atoms with Gasteiger partial charge >= 0.3 is 0 Å². The molecule has 2 aliphatic rings. The van der Waals surface area contributed by atoms with Crippen LogP contribution >= 0.6 is 0 Å². The number of halogens is 1. The van der Waals surface area contributed by atoms with Crippen LogP contribution in [0.25, 0.3) is 27.6 Å². The molecule has 1 N–H and O–H groups in total. The highest BCUT2D eigenvalue weighted by Crippen LogP contribution is 2.37. The summed E-state index contributed by atoms with van der Waals surface area (Å²) in [7, 11) is 0. The van der Waals surface area contributed by atoms with Crippen molar-refractivity contribution in [3.8, 4) is 11.1 Å². The van der Waals surface area contributed by atoms with Gasteiger partial charge in [0.15, 0.2) is 5.78 Å². The van der Waals surface area contributed by atoms with Crippen LogP contribution in [0, 0.1) is 5.82 Å². The number of carbonyl (C=O) groups excluding carboxylic acids is 2. The van der Waals surface area contributed by atoms with Gasteiger partial charge in [0.25, 0.3) is 5.91 Å². The number of amides is 1. The first-order valence-corrected chi connectivity index (χ1v) is 10.6. The van der Waals surface area contributed by atoms with Gasteiger partial charge in [0.1, 0.15) is 5.82 Å². The van der Waals surface area contributed by atoms with Crippen LogP contribution in [0.2, 0.25) is 0 Å². The van der Waals surface area contributed by atoms with Gasteiger partial charge in [-0.2, -0.15) is 0 Å². The summed E-state index contributed by atoms with van der Waals surface area (Å²) < 4.78 is 13.5. The molecule has 0 radical (unpaired) electrons. The van der Waals surface area contributed by atoms with Gasteiger partial charge in [-0.1, -0.05) is 36.4 Å². The predicted molar refractivity (Wildman–Crippen MR) is 122 cm³/mol. The Balaban J connectivity index is 1.25. The van der Waals surface area contributed by atoms with E-state index in [2.05, 4.69) is 11.1 Å². The molecule has 1 aliphatic carbocycles. The molecule has 3 aromatic carbocycles. The minimum atomic E-state index is -0.267. The average molecular weight is 422 g/mol. The number of aromatic nitrogens is 1. The summed E-state index contributed by atoms with van der Waals surface area (Å²) in [4.78, 5) is 30.9. The van der Waals surface area contributed by atoms with E-state index in [0.717, 1.165) is 33.2 Å². The fraction of sp³-hybridized carbons (Fsp3) is 0.111. The smallest absolute Gasteiger partial charge is 0.254 e. The summed E-state index contributed by atoms with van der Waals surface area (Å²) in [6, 6.07) is 17.7. The lowest BCUT2D eigenvalue weighted by atomic mass is 9.98. The summed E-state index contributed by atoms with van der Waals surface area (Å²) in [5.74, 6) is -0.370. The number of rotatable bonds is 2. The largest absolute Gasteiger partial charge is 0.360 e. The van der Waals surface area contributed by atoms with Crippen molar-refractivity contribution in [3.05, 3.63) is 101 Å². The summed E-state index contributed by atoms with van der Waals surface area (Å²) in [5, 5.41) is 0.981. The summed E-state index contributed by atoms with van der Waals surface area (Å²) in [5.41, 5.74) is 6.59. The van der Waals surface area contributed by atoms with Crippen molar-refractivity contribution in [1.82, 2.24) is 9.88 Å². The second-order valence-corrected chi connectivity index (χ2v) is 8.26. The third-order valence-corrected chi connectivity index (χ3v) is 6.46. The van der Waals surface area contributed by atoms with Crippen molar-refractivity contribution in [3.63, 3.8) is 0 Å². The molecule has 5 heteroatoms. The first kappa shape index (κ1) is 18.8.